The molecule has 2 heteroatoms. The molecule has 3 rings (SSSR count). The van der Waals surface area contributed by atoms with E-state index in [1.807, 2.05) is 0 Å². The fraction of sp³-hybridized carbons (Fsp3) is 0.650. The van der Waals surface area contributed by atoms with Crippen LogP contribution in [-0.2, 0) is 16.8 Å². The summed E-state index contributed by atoms with van der Waals surface area (Å²) in [5.74, 6) is 1.18. The van der Waals surface area contributed by atoms with Crippen molar-refractivity contribution in [3.05, 3.63) is 35.4 Å². The number of Topliss-reactive ketones (excluding diaryl/α,β-unsaturated/α-hetero) is 1. The molecule has 1 aromatic carbocycles. The van der Waals surface area contributed by atoms with Gasteiger partial charge in [-0.2, -0.15) is 0 Å². The minimum Gasteiger partial charge on any atom is -0.300 e. The molecule has 0 amide bonds. The number of benzene rings is 1. The largest absolute Gasteiger partial charge is 0.300 e. The number of rotatable bonds is 4. The average molecular weight is 299 g/mol. The van der Waals surface area contributed by atoms with Crippen molar-refractivity contribution in [2.24, 2.45) is 5.92 Å². The van der Waals surface area contributed by atoms with Crippen LogP contribution >= 0.6 is 0 Å². The Balaban J connectivity index is 1.95. The van der Waals surface area contributed by atoms with Crippen LogP contribution < -0.4 is 0 Å². The molecule has 22 heavy (non-hydrogen) atoms. The number of nitrogens with zero attached hydrogens (tertiary/aromatic N) is 1. The summed E-state index contributed by atoms with van der Waals surface area (Å²) < 4.78 is 0. The molecule has 120 valence electrons. The van der Waals surface area contributed by atoms with Gasteiger partial charge in [0.25, 0.3) is 0 Å². The smallest absolute Gasteiger partial charge is 0.135 e. The van der Waals surface area contributed by atoms with Crippen LogP contribution in [0.3, 0.4) is 0 Å². The number of hydrogen-bond donors (Lipinski definition) is 0. The topological polar surface area (TPSA) is 20.3 Å². The van der Waals surface area contributed by atoms with Crippen molar-refractivity contribution < 1.29 is 4.79 Å². The van der Waals surface area contributed by atoms with E-state index in [-0.39, 0.29) is 5.54 Å². The molecule has 0 saturated carbocycles. The van der Waals surface area contributed by atoms with Crippen LogP contribution in [0.1, 0.15) is 63.5 Å². The van der Waals surface area contributed by atoms with Gasteiger partial charge < -0.3 is 0 Å². The lowest BCUT2D eigenvalue weighted by Crippen LogP contribution is -2.51. The van der Waals surface area contributed by atoms with Gasteiger partial charge >= 0.3 is 0 Å². The third-order valence-electron chi connectivity index (χ3n) is 5.62. The highest BCUT2D eigenvalue weighted by atomic mass is 16.1. The molecule has 0 radical (unpaired) electrons. The molecule has 2 nitrogen and oxygen atoms in total. The molecule has 0 N–H and O–H groups in total. The third kappa shape index (κ3) is 2.99. The Bertz CT molecular complexity index is 526. The van der Waals surface area contributed by atoms with Gasteiger partial charge in [0.2, 0.25) is 0 Å². The van der Waals surface area contributed by atoms with E-state index in [1.165, 1.54) is 37.7 Å². The van der Waals surface area contributed by atoms with Crippen LogP contribution in [0.4, 0.5) is 0 Å². The normalized spacial score (nSPS) is 26.2. The van der Waals surface area contributed by atoms with Gasteiger partial charge in [-0.25, -0.2) is 0 Å². The number of carbonyl (C=O) groups excluding carboxylic acids is 1. The van der Waals surface area contributed by atoms with Gasteiger partial charge in [-0.15, -0.1) is 0 Å². The van der Waals surface area contributed by atoms with E-state index in [0.717, 1.165) is 31.8 Å². The second-order valence-corrected chi connectivity index (χ2v) is 7.50. The number of likely N-dealkylation sites (tertiary alicyclic amines) is 1. The average Bonchev–Trinajstić information content (AvgIpc) is 2.53. The van der Waals surface area contributed by atoms with Gasteiger partial charge in [-0.1, -0.05) is 38.1 Å². The van der Waals surface area contributed by atoms with Gasteiger partial charge in [0.1, 0.15) is 5.78 Å². The second kappa shape index (κ2) is 6.54. The zero-order chi connectivity index (χ0) is 15.6. The Hall–Kier alpha value is -1.15. The Morgan fingerprint density at radius 2 is 1.86 bits per heavy atom. The molecule has 0 aromatic heterocycles. The highest BCUT2D eigenvalue weighted by Crippen LogP contribution is 2.45. The van der Waals surface area contributed by atoms with E-state index in [1.54, 1.807) is 5.56 Å². The predicted octanol–water partition coefficient (Wildman–Crippen LogP) is 4.32. The highest BCUT2D eigenvalue weighted by Gasteiger charge is 2.42. The van der Waals surface area contributed by atoms with Crippen molar-refractivity contribution in [1.29, 1.82) is 0 Å². The number of ketones is 1. The fourth-order valence-corrected chi connectivity index (χ4v) is 4.36. The number of hydrogen-bond acceptors (Lipinski definition) is 2. The van der Waals surface area contributed by atoms with Crippen molar-refractivity contribution in [3.63, 3.8) is 0 Å². The van der Waals surface area contributed by atoms with Crippen LogP contribution in [0.2, 0.25) is 0 Å². The molecule has 1 heterocycles. The zero-order valence-corrected chi connectivity index (χ0v) is 14.1. The van der Waals surface area contributed by atoms with Crippen LogP contribution in [0.25, 0.3) is 0 Å². The van der Waals surface area contributed by atoms with Gasteiger partial charge in [0, 0.05) is 31.5 Å². The second-order valence-electron chi connectivity index (χ2n) is 7.50. The maximum Gasteiger partial charge on any atom is 0.135 e. The lowest BCUT2D eigenvalue weighted by Gasteiger charge is -2.49. The van der Waals surface area contributed by atoms with Crippen molar-refractivity contribution in [1.82, 2.24) is 4.90 Å². The lowest BCUT2D eigenvalue weighted by atomic mass is 9.71. The Kier molecular flexibility index (Phi) is 4.67. The first-order valence-corrected chi connectivity index (χ1v) is 8.97. The molecule has 1 aliphatic heterocycles. The summed E-state index contributed by atoms with van der Waals surface area (Å²) in [5.41, 5.74) is 3.27. The lowest BCUT2D eigenvalue weighted by molar-refractivity contribution is -0.123. The zero-order valence-electron chi connectivity index (χ0n) is 14.1. The first kappa shape index (κ1) is 15.7. The molecule has 1 aliphatic carbocycles. The van der Waals surface area contributed by atoms with Gasteiger partial charge in [0.15, 0.2) is 0 Å². The Labute approximate surface area is 134 Å². The summed E-state index contributed by atoms with van der Waals surface area (Å²) in [6, 6.07) is 9.04. The summed E-state index contributed by atoms with van der Waals surface area (Å²) in [4.78, 5) is 14.3. The number of fused-ring (bicyclic) bond motifs is 1. The van der Waals surface area contributed by atoms with Gasteiger partial charge in [0.05, 0.1) is 0 Å². The van der Waals surface area contributed by atoms with E-state index in [4.69, 9.17) is 0 Å². The molecular weight excluding hydrogens is 270 g/mol. The summed E-state index contributed by atoms with van der Waals surface area (Å²) in [5, 5.41) is 0. The standard InChI is InChI=1S/C20H29NO/c1-16(2)9-13-20(21-14-10-18(22)11-15-21)12-5-7-17-6-3-4-8-19(17)20/h3-4,6,8,16H,5,7,9-15H2,1-2H3. The van der Waals surface area contributed by atoms with E-state index in [9.17, 15) is 4.79 Å². The molecule has 0 bridgehead atoms. The third-order valence-corrected chi connectivity index (χ3v) is 5.62. The van der Waals surface area contributed by atoms with Crippen molar-refractivity contribution in [2.75, 3.05) is 13.1 Å². The van der Waals surface area contributed by atoms with Gasteiger partial charge in [-0.05, 0) is 49.1 Å². The molecule has 1 saturated heterocycles. The van der Waals surface area contributed by atoms with Crippen molar-refractivity contribution >= 4 is 5.78 Å². The molecular formula is C20H29NO. The first-order chi connectivity index (χ1) is 10.6. The molecule has 1 aromatic rings. The number of aryl methyl sites for hydroxylation is 1. The molecule has 1 atom stereocenters. The molecule has 0 spiro atoms. The minimum absolute atomic E-state index is 0.180. The SMILES string of the molecule is CC(C)CCC1(N2CCC(=O)CC2)CCCc2ccccc21. The summed E-state index contributed by atoms with van der Waals surface area (Å²) in [6.07, 6.45) is 7.72. The van der Waals surface area contributed by atoms with Gasteiger partial charge in [-0.3, -0.25) is 9.69 Å². The van der Waals surface area contributed by atoms with E-state index < -0.39 is 0 Å². The number of carbonyl (C=O) groups is 1. The predicted molar refractivity (Wildman–Crippen MR) is 90.9 cm³/mol. The maximum absolute atomic E-state index is 11.7. The molecule has 1 fully saturated rings. The van der Waals surface area contributed by atoms with Crippen LogP contribution in [0.15, 0.2) is 24.3 Å². The Morgan fingerprint density at radius 1 is 1.14 bits per heavy atom. The maximum atomic E-state index is 11.7. The van der Waals surface area contributed by atoms with Crippen LogP contribution in [0, 0.1) is 5.92 Å². The first-order valence-electron chi connectivity index (χ1n) is 8.97. The molecule has 1 unspecified atom stereocenters. The molecule has 2 aliphatic rings. The van der Waals surface area contributed by atoms with Crippen LogP contribution in [0.5, 0.6) is 0 Å². The highest BCUT2D eigenvalue weighted by molar-refractivity contribution is 5.79. The van der Waals surface area contributed by atoms with Crippen LogP contribution in [-0.4, -0.2) is 23.8 Å². The minimum atomic E-state index is 0.180. The summed E-state index contributed by atoms with van der Waals surface area (Å²) >= 11 is 0. The summed E-state index contributed by atoms with van der Waals surface area (Å²) in [7, 11) is 0. The Morgan fingerprint density at radius 3 is 2.59 bits per heavy atom. The van der Waals surface area contributed by atoms with E-state index in [0.29, 0.717) is 5.78 Å². The van der Waals surface area contributed by atoms with Crippen molar-refractivity contribution in [2.45, 2.75) is 64.3 Å². The quantitative estimate of drug-likeness (QED) is 0.825. The van der Waals surface area contributed by atoms with Crippen molar-refractivity contribution in [3.8, 4) is 0 Å². The van der Waals surface area contributed by atoms with E-state index >= 15 is 0 Å². The fourth-order valence-electron chi connectivity index (χ4n) is 4.36. The monoisotopic (exact) mass is 299 g/mol. The van der Waals surface area contributed by atoms with E-state index in [2.05, 4.69) is 43.0 Å². The number of piperidine rings is 1. The summed E-state index contributed by atoms with van der Waals surface area (Å²) in [6.45, 7) is 6.54.